The van der Waals surface area contributed by atoms with Gasteiger partial charge in [0.1, 0.15) is 10.6 Å². The summed E-state index contributed by atoms with van der Waals surface area (Å²) in [5.74, 6) is 0.917. The van der Waals surface area contributed by atoms with Crippen molar-refractivity contribution < 1.29 is 12.9 Å². The lowest BCUT2D eigenvalue weighted by Crippen LogP contribution is -2.36. The average Bonchev–Trinajstić information content (AvgIpc) is 2.62. The summed E-state index contributed by atoms with van der Waals surface area (Å²) in [5, 5.41) is 3.74. The highest BCUT2D eigenvalue weighted by Gasteiger charge is 2.31. The molecule has 2 heterocycles. The van der Waals surface area contributed by atoms with Gasteiger partial charge in [0.25, 0.3) is 0 Å². The minimum atomic E-state index is -3.52. The fourth-order valence-corrected chi connectivity index (χ4v) is 4.50. The summed E-state index contributed by atoms with van der Waals surface area (Å²) < 4.78 is 31.9. The van der Waals surface area contributed by atoms with E-state index in [1.807, 2.05) is 0 Å². The number of aromatic nitrogens is 1. The quantitative estimate of drug-likeness (QED) is 0.780. The van der Waals surface area contributed by atoms with Crippen molar-refractivity contribution in [2.45, 2.75) is 25.2 Å². The van der Waals surface area contributed by atoms with Gasteiger partial charge in [-0.25, -0.2) is 8.42 Å². The fraction of sp³-hybridized carbons (Fsp3) is 0.750. The van der Waals surface area contributed by atoms with Crippen LogP contribution in [0.25, 0.3) is 0 Å². The third kappa shape index (κ3) is 3.16. The van der Waals surface area contributed by atoms with Crippen LogP contribution >= 0.6 is 11.6 Å². The Kier molecular flexibility index (Phi) is 5.06. The van der Waals surface area contributed by atoms with E-state index in [4.69, 9.17) is 16.1 Å². The minimum absolute atomic E-state index is 0.211. The monoisotopic (exact) mass is 321 g/mol. The molecule has 0 amide bonds. The van der Waals surface area contributed by atoms with Crippen LogP contribution in [-0.2, 0) is 10.0 Å². The molecule has 1 fully saturated rings. The van der Waals surface area contributed by atoms with Gasteiger partial charge in [0.05, 0.1) is 0 Å². The predicted molar refractivity (Wildman–Crippen MR) is 76.5 cm³/mol. The first-order valence-corrected chi connectivity index (χ1v) is 8.65. The number of rotatable bonds is 4. The van der Waals surface area contributed by atoms with Crippen LogP contribution in [0.3, 0.4) is 0 Å². The number of nitrogens with zero attached hydrogens (tertiary/aromatic N) is 3. The average molecular weight is 322 g/mol. The molecule has 0 radical (unpaired) electrons. The highest BCUT2D eigenvalue weighted by Crippen LogP contribution is 2.24. The zero-order valence-corrected chi connectivity index (χ0v) is 13.4. The molecule has 0 unspecified atom stereocenters. The van der Waals surface area contributed by atoms with E-state index in [0.717, 1.165) is 19.5 Å². The van der Waals surface area contributed by atoms with Crippen LogP contribution in [0, 0.1) is 13.8 Å². The largest absolute Gasteiger partial charge is 0.360 e. The topological polar surface area (TPSA) is 66.7 Å². The SMILES string of the molecule is Cc1noc(C)c1S(=O)(=O)N1CCCN(CCCl)CC1. The highest BCUT2D eigenvalue weighted by molar-refractivity contribution is 7.89. The van der Waals surface area contributed by atoms with Gasteiger partial charge in [-0.05, 0) is 26.8 Å². The predicted octanol–water partition coefficient (Wildman–Crippen LogP) is 1.23. The molecule has 1 aliphatic heterocycles. The van der Waals surface area contributed by atoms with Gasteiger partial charge in [0.2, 0.25) is 10.0 Å². The second kappa shape index (κ2) is 6.43. The Morgan fingerprint density at radius 1 is 1.25 bits per heavy atom. The molecule has 2 rings (SSSR count). The van der Waals surface area contributed by atoms with Gasteiger partial charge in [0.15, 0.2) is 5.76 Å². The molecular weight excluding hydrogens is 302 g/mol. The number of hydrogen-bond donors (Lipinski definition) is 0. The molecule has 6 nitrogen and oxygen atoms in total. The first kappa shape index (κ1) is 15.8. The Morgan fingerprint density at radius 2 is 2.00 bits per heavy atom. The van der Waals surface area contributed by atoms with Crippen molar-refractivity contribution in [2.75, 3.05) is 38.6 Å². The third-order valence-corrected chi connectivity index (χ3v) is 5.83. The lowest BCUT2D eigenvalue weighted by molar-refractivity contribution is 0.303. The maximum absolute atomic E-state index is 12.7. The Hall–Kier alpha value is -0.630. The van der Waals surface area contributed by atoms with Crippen LogP contribution in [0.5, 0.6) is 0 Å². The molecule has 0 aliphatic carbocycles. The van der Waals surface area contributed by atoms with E-state index in [-0.39, 0.29) is 4.90 Å². The summed E-state index contributed by atoms with van der Waals surface area (Å²) in [7, 11) is -3.52. The van der Waals surface area contributed by atoms with Gasteiger partial charge in [-0.2, -0.15) is 4.31 Å². The van der Waals surface area contributed by atoms with Crippen LogP contribution in [0.1, 0.15) is 17.9 Å². The van der Waals surface area contributed by atoms with Crippen LogP contribution in [0.15, 0.2) is 9.42 Å². The van der Waals surface area contributed by atoms with E-state index in [1.165, 1.54) is 4.31 Å². The third-order valence-electron chi connectivity index (χ3n) is 3.51. The van der Waals surface area contributed by atoms with E-state index in [1.54, 1.807) is 13.8 Å². The summed E-state index contributed by atoms with van der Waals surface area (Å²) in [6, 6.07) is 0. The van der Waals surface area contributed by atoms with Crippen molar-refractivity contribution in [3.63, 3.8) is 0 Å². The molecular formula is C12H20ClN3O3S. The van der Waals surface area contributed by atoms with Gasteiger partial charge >= 0.3 is 0 Å². The molecule has 0 aromatic carbocycles. The first-order valence-electron chi connectivity index (χ1n) is 6.68. The summed E-state index contributed by atoms with van der Waals surface area (Å²) in [6.45, 7) is 6.65. The molecule has 0 spiro atoms. The zero-order chi connectivity index (χ0) is 14.8. The standard InChI is InChI=1S/C12H20ClN3O3S/c1-10-12(11(2)19-14-10)20(17,18)16-6-3-5-15(7-4-13)8-9-16/h3-9H2,1-2H3. The lowest BCUT2D eigenvalue weighted by atomic mass is 10.4. The molecule has 1 aromatic heterocycles. The van der Waals surface area contributed by atoms with E-state index < -0.39 is 10.0 Å². The number of alkyl halides is 1. The second-order valence-electron chi connectivity index (χ2n) is 4.94. The van der Waals surface area contributed by atoms with E-state index in [9.17, 15) is 8.42 Å². The lowest BCUT2D eigenvalue weighted by Gasteiger charge is -2.20. The molecule has 1 saturated heterocycles. The Labute approximate surface area is 124 Å². The van der Waals surface area contributed by atoms with Crippen LogP contribution < -0.4 is 0 Å². The Morgan fingerprint density at radius 3 is 2.60 bits per heavy atom. The van der Waals surface area contributed by atoms with E-state index in [0.29, 0.717) is 37.0 Å². The first-order chi connectivity index (χ1) is 9.46. The molecule has 0 N–H and O–H groups in total. The van der Waals surface area contributed by atoms with Crippen molar-refractivity contribution in [1.29, 1.82) is 0 Å². The highest BCUT2D eigenvalue weighted by atomic mass is 35.5. The normalized spacial score (nSPS) is 19.1. The minimum Gasteiger partial charge on any atom is -0.360 e. The van der Waals surface area contributed by atoms with Gasteiger partial charge in [-0.3, -0.25) is 0 Å². The summed E-state index contributed by atoms with van der Waals surface area (Å²) in [6.07, 6.45) is 0.805. The summed E-state index contributed by atoms with van der Waals surface area (Å²) in [4.78, 5) is 2.40. The smallest absolute Gasteiger partial charge is 0.248 e. The molecule has 1 aliphatic rings. The van der Waals surface area contributed by atoms with Gasteiger partial charge < -0.3 is 9.42 Å². The molecule has 0 bridgehead atoms. The molecule has 8 heteroatoms. The second-order valence-corrected chi connectivity index (χ2v) is 7.19. The molecule has 0 atom stereocenters. The molecule has 0 saturated carbocycles. The van der Waals surface area contributed by atoms with E-state index >= 15 is 0 Å². The van der Waals surface area contributed by atoms with Gasteiger partial charge in [-0.15, -0.1) is 11.6 Å². The van der Waals surface area contributed by atoms with Crippen LogP contribution in [-0.4, -0.2) is 61.4 Å². The van der Waals surface area contributed by atoms with Crippen molar-refractivity contribution in [2.24, 2.45) is 0 Å². The van der Waals surface area contributed by atoms with Gasteiger partial charge in [0, 0.05) is 32.1 Å². The number of hydrogen-bond acceptors (Lipinski definition) is 5. The number of aryl methyl sites for hydroxylation is 2. The van der Waals surface area contributed by atoms with Crippen molar-refractivity contribution in [3.8, 4) is 0 Å². The molecule has 20 heavy (non-hydrogen) atoms. The van der Waals surface area contributed by atoms with Crippen LogP contribution in [0.2, 0.25) is 0 Å². The number of halogens is 1. The molecule has 1 aromatic rings. The maximum Gasteiger partial charge on any atom is 0.248 e. The maximum atomic E-state index is 12.7. The van der Waals surface area contributed by atoms with Gasteiger partial charge in [-0.1, -0.05) is 5.16 Å². The van der Waals surface area contributed by atoms with Crippen molar-refractivity contribution >= 4 is 21.6 Å². The summed E-state index contributed by atoms with van der Waals surface area (Å²) in [5.41, 5.74) is 0.421. The Balaban J connectivity index is 2.18. The number of sulfonamides is 1. The van der Waals surface area contributed by atoms with Crippen molar-refractivity contribution in [3.05, 3.63) is 11.5 Å². The van der Waals surface area contributed by atoms with Crippen molar-refractivity contribution in [1.82, 2.24) is 14.4 Å². The molecule has 114 valence electrons. The van der Waals surface area contributed by atoms with Crippen LogP contribution in [0.4, 0.5) is 0 Å². The Bertz CT molecular complexity index is 539. The zero-order valence-electron chi connectivity index (χ0n) is 11.8. The fourth-order valence-electron chi connectivity index (χ4n) is 2.50. The summed E-state index contributed by atoms with van der Waals surface area (Å²) >= 11 is 5.74. The van der Waals surface area contributed by atoms with E-state index in [2.05, 4.69) is 10.1 Å².